The number of benzene rings is 1. The molecule has 3 fully saturated rings. The van der Waals surface area contributed by atoms with E-state index in [0.29, 0.717) is 30.7 Å². The SMILES string of the molecule is CCN1CCN(c2cc3c(cc2F)c(=O)c(C(=O)N[C@@H]2CCS(=O)(=O)C2)cn3C2CC2)CC1. The molecule has 1 atom stereocenters. The molecular weight excluding hydrogens is 447 g/mol. The molecule has 2 aliphatic heterocycles. The molecule has 1 amide bonds. The summed E-state index contributed by atoms with van der Waals surface area (Å²) in [7, 11) is -3.16. The van der Waals surface area contributed by atoms with Gasteiger partial charge in [-0.1, -0.05) is 6.92 Å². The molecule has 0 unspecified atom stereocenters. The standard InChI is InChI=1S/C23H29FN4O4S/c1-2-26-6-8-27(9-7-26)21-12-20-17(11-19(21)24)22(29)18(13-28(20)16-3-4-16)23(30)25-15-5-10-33(31,32)14-15/h11-13,15-16H,2-10,14H2,1H3,(H,25,30)/t15-/m1/s1. The number of halogens is 1. The van der Waals surface area contributed by atoms with Crippen molar-refractivity contribution in [3.63, 3.8) is 0 Å². The van der Waals surface area contributed by atoms with Crippen molar-refractivity contribution in [1.29, 1.82) is 0 Å². The average Bonchev–Trinajstić information content (AvgIpc) is 3.57. The summed E-state index contributed by atoms with van der Waals surface area (Å²) in [6.07, 6.45) is 3.77. The second-order valence-electron chi connectivity index (χ2n) is 9.33. The summed E-state index contributed by atoms with van der Waals surface area (Å²) in [6.45, 7) is 6.23. The van der Waals surface area contributed by atoms with Crippen molar-refractivity contribution < 1.29 is 17.6 Å². The number of carbonyl (C=O) groups is 1. The van der Waals surface area contributed by atoms with Gasteiger partial charge in [0.15, 0.2) is 9.84 Å². The Labute approximate surface area is 192 Å². The van der Waals surface area contributed by atoms with Gasteiger partial charge < -0.3 is 19.7 Å². The molecule has 0 radical (unpaired) electrons. The van der Waals surface area contributed by atoms with Gasteiger partial charge in [0.1, 0.15) is 11.4 Å². The number of carbonyl (C=O) groups excluding carboxylic acids is 1. The number of sulfone groups is 1. The molecule has 0 bridgehead atoms. The fraction of sp³-hybridized carbons (Fsp3) is 0.565. The van der Waals surface area contributed by atoms with Crippen molar-refractivity contribution in [3.8, 4) is 0 Å². The zero-order valence-corrected chi connectivity index (χ0v) is 19.5. The summed E-state index contributed by atoms with van der Waals surface area (Å²) in [5, 5.41) is 2.87. The number of anilines is 1. The summed E-state index contributed by atoms with van der Waals surface area (Å²) in [5.74, 6) is -1.15. The topological polar surface area (TPSA) is 91.7 Å². The monoisotopic (exact) mass is 476 g/mol. The Bertz CT molecular complexity index is 1260. The third-order valence-electron chi connectivity index (χ3n) is 7.01. The highest BCUT2D eigenvalue weighted by Crippen LogP contribution is 2.38. The molecule has 2 aromatic rings. The van der Waals surface area contributed by atoms with Crippen LogP contribution < -0.4 is 15.6 Å². The van der Waals surface area contributed by atoms with Crippen LogP contribution in [0.1, 0.15) is 42.6 Å². The second kappa shape index (κ2) is 8.39. The first-order valence-corrected chi connectivity index (χ1v) is 13.4. The van der Waals surface area contributed by atoms with Gasteiger partial charge in [0, 0.05) is 49.8 Å². The van der Waals surface area contributed by atoms with Crippen LogP contribution in [0.3, 0.4) is 0 Å². The largest absolute Gasteiger partial charge is 0.367 e. The van der Waals surface area contributed by atoms with Crippen molar-refractivity contribution in [2.75, 3.05) is 49.1 Å². The van der Waals surface area contributed by atoms with E-state index < -0.39 is 33.0 Å². The Kier molecular flexibility index (Phi) is 5.68. The fourth-order valence-corrected chi connectivity index (χ4v) is 6.57. The second-order valence-corrected chi connectivity index (χ2v) is 11.6. The zero-order valence-electron chi connectivity index (χ0n) is 18.7. The summed E-state index contributed by atoms with van der Waals surface area (Å²) < 4.78 is 40.5. The number of fused-ring (bicyclic) bond motifs is 1. The van der Waals surface area contributed by atoms with Gasteiger partial charge in [0.2, 0.25) is 5.43 Å². The van der Waals surface area contributed by atoms with Crippen molar-refractivity contribution >= 4 is 32.3 Å². The van der Waals surface area contributed by atoms with E-state index in [9.17, 15) is 18.0 Å². The molecule has 178 valence electrons. The molecule has 8 nitrogen and oxygen atoms in total. The van der Waals surface area contributed by atoms with Crippen molar-refractivity contribution in [2.24, 2.45) is 0 Å². The lowest BCUT2D eigenvalue weighted by atomic mass is 10.1. The van der Waals surface area contributed by atoms with Crippen LogP contribution in [0.4, 0.5) is 10.1 Å². The van der Waals surface area contributed by atoms with Crippen LogP contribution in [0.15, 0.2) is 23.1 Å². The number of aromatic nitrogens is 1. The molecule has 1 aromatic heterocycles. The minimum atomic E-state index is -3.16. The molecule has 1 aromatic carbocycles. The van der Waals surface area contributed by atoms with Gasteiger partial charge in [-0.3, -0.25) is 9.59 Å². The van der Waals surface area contributed by atoms with E-state index in [-0.39, 0.29) is 28.5 Å². The van der Waals surface area contributed by atoms with Crippen molar-refractivity contribution in [1.82, 2.24) is 14.8 Å². The first-order valence-electron chi connectivity index (χ1n) is 11.6. The van der Waals surface area contributed by atoms with Gasteiger partial charge in [-0.05, 0) is 37.9 Å². The van der Waals surface area contributed by atoms with Crippen LogP contribution >= 0.6 is 0 Å². The molecule has 3 aliphatic rings. The van der Waals surface area contributed by atoms with E-state index >= 15 is 4.39 Å². The van der Waals surface area contributed by atoms with Crippen LogP contribution in [-0.2, 0) is 9.84 Å². The van der Waals surface area contributed by atoms with E-state index in [2.05, 4.69) is 17.1 Å². The molecular formula is C23H29FN4O4S. The Balaban J connectivity index is 1.51. The van der Waals surface area contributed by atoms with Crippen molar-refractivity contribution in [2.45, 2.75) is 38.3 Å². The molecule has 0 spiro atoms. The number of nitrogens with zero attached hydrogens (tertiary/aromatic N) is 3. The predicted molar refractivity (Wildman–Crippen MR) is 125 cm³/mol. The van der Waals surface area contributed by atoms with Gasteiger partial charge in [0.05, 0.1) is 22.7 Å². The van der Waals surface area contributed by atoms with E-state index in [1.165, 1.54) is 6.07 Å². The normalized spacial score (nSPS) is 23.2. The lowest BCUT2D eigenvalue weighted by molar-refractivity contribution is 0.0939. The molecule has 1 N–H and O–H groups in total. The van der Waals surface area contributed by atoms with Crippen LogP contribution in [0.25, 0.3) is 10.9 Å². The highest BCUT2D eigenvalue weighted by atomic mass is 32.2. The molecule has 5 rings (SSSR count). The number of hydrogen-bond acceptors (Lipinski definition) is 6. The predicted octanol–water partition coefficient (Wildman–Crippen LogP) is 1.53. The maximum atomic E-state index is 15.2. The first-order chi connectivity index (χ1) is 15.8. The number of nitrogens with one attached hydrogen (secondary N) is 1. The molecule has 1 aliphatic carbocycles. The smallest absolute Gasteiger partial charge is 0.257 e. The van der Waals surface area contributed by atoms with Crippen LogP contribution in [0, 0.1) is 5.82 Å². The molecule has 10 heteroatoms. The van der Waals surface area contributed by atoms with E-state index in [1.807, 2.05) is 9.47 Å². The Hall–Kier alpha value is -2.46. The van der Waals surface area contributed by atoms with Gasteiger partial charge in [-0.25, -0.2) is 12.8 Å². The number of rotatable bonds is 5. The van der Waals surface area contributed by atoms with Gasteiger partial charge in [-0.2, -0.15) is 0 Å². The maximum absolute atomic E-state index is 15.2. The van der Waals surface area contributed by atoms with E-state index in [1.54, 1.807) is 12.3 Å². The number of pyridine rings is 1. The quantitative estimate of drug-likeness (QED) is 0.704. The molecule has 3 heterocycles. The minimum Gasteiger partial charge on any atom is -0.367 e. The fourth-order valence-electron chi connectivity index (χ4n) is 4.89. The van der Waals surface area contributed by atoms with Crippen LogP contribution in [0.2, 0.25) is 0 Å². The summed E-state index contributed by atoms with van der Waals surface area (Å²) in [6, 6.07) is 2.67. The third-order valence-corrected chi connectivity index (χ3v) is 8.78. The van der Waals surface area contributed by atoms with Crippen LogP contribution in [0.5, 0.6) is 0 Å². The van der Waals surface area contributed by atoms with Crippen LogP contribution in [-0.4, -0.2) is 74.1 Å². The number of likely N-dealkylation sites (N-methyl/N-ethyl adjacent to an activating group) is 1. The number of hydrogen-bond donors (Lipinski definition) is 1. The highest BCUT2D eigenvalue weighted by molar-refractivity contribution is 7.91. The van der Waals surface area contributed by atoms with Gasteiger partial charge >= 0.3 is 0 Å². The summed E-state index contributed by atoms with van der Waals surface area (Å²) in [5.41, 5.74) is 0.529. The van der Waals surface area contributed by atoms with E-state index in [4.69, 9.17) is 0 Å². The Morgan fingerprint density at radius 1 is 1.15 bits per heavy atom. The third kappa shape index (κ3) is 4.38. The highest BCUT2D eigenvalue weighted by Gasteiger charge is 2.32. The number of piperazine rings is 1. The molecule has 2 saturated heterocycles. The first kappa shape index (κ1) is 22.3. The molecule has 33 heavy (non-hydrogen) atoms. The Morgan fingerprint density at radius 2 is 1.88 bits per heavy atom. The summed E-state index contributed by atoms with van der Waals surface area (Å²) >= 11 is 0. The average molecular weight is 477 g/mol. The van der Waals surface area contributed by atoms with Crippen molar-refractivity contribution in [3.05, 3.63) is 39.9 Å². The lowest BCUT2D eigenvalue weighted by Crippen LogP contribution is -2.46. The maximum Gasteiger partial charge on any atom is 0.257 e. The van der Waals surface area contributed by atoms with Gasteiger partial charge in [-0.15, -0.1) is 0 Å². The number of amides is 1. The van der Waals surface area contributed by atoms with E-state index in [0.717, 1.165) is 32.5 Å². The molecule has 1 saturated carbocycles. The zero-order chi connectivity index (χ0) is 23.3. The summed E-state index contributed by atoms with van der Waals surface area (Å²) in [4.78, 5) is 30.4. The Morgan fingerprint density at radius 3 is 2.48 bits per heavy atom. The van der Waals surface area contributed by atoms with Gasteiger partial charge in [0.25, 0.3) is 5.91 Å². The minimum absolute atomic E-state index is 0.0302. The lowest BCUT2D eigenvalue weighted by Gasteiger charge is -2.35.